The first-order chi connectivity index (χ1) is 8.35. The van der Waals surface area contributed by atoms with Gasteiger partial charge >= 0.3 is 6.09 Å². The molecular weight excluding hydrogens is 230 g/mol. The Morgan fingerprint density at radius 1 is 1.39 bits per heavy atom. The molecule has 4 heteroatoms. The van der Waals surface area contributed by atoms with Crippen molar-refractivity contribution in [1.82, 2.24) is 0 Å². The summed E-state index contributed by atoms with van der Waals surface area (Å²) in [5.74, 6) is 3.12. The van der Waals surface area contributed by atoms with Gasteiger partial charge in [-0.2, -0.15) is 0 Å². The van der Waals surface area contributed by atoms with E-state index in [0.29, 0.717) is 17.0 Å². The van der Waals surface area contributed by atoms with Crippen LogP contribution in [0.5, 0.6) is 5.75 Å². The zero-order chi connectivity index (χ0) is 13.8. The lowest BCUT2D eigenvalue weighted by molar-refractivity contribution is 0.0636. The fourth-order valence-electron chi connectivity index (χ4n) is 1.29. The van der Waals surface area contributed by atoms with Crippen molar-refractivity contribution in [2.45, 2.75) is 26.4 Å². The Labute approximate surface area is 107 Å². The van der Waals surface area contributed by atoms with Crippen LogP contribution in [0.3, 0.4) is 0 Å². The third-order valence-corrected chi connectivity index (χ3v) is 2.02. The minimum atomic E-state index is -0.549. The van der Waals surface area contributed by atoms with Crippen LogP contribution in [0.15, 0.2) is 18.2 Å². The monoisotopic (exact) mass is 247 g/mol. The van der Waals surface area contributed by atoms with Crippen LogP contribution < -0.4 is 10.1 Å². The Hall–Kier alpha value is -2.15. The standard InChI is InChI=1S/C14H17NO3/c1-6-10-9-11(17-5)7-8-12(10)15-13(16)18-14(2,3)4/h1,7-9H,2-5H3,(H,15,16). The number of carbonyl (C=O) groups excluding carboxylic acids is 1. The molecule has 1 rings (SSSR count). The van der Waals surface area contributed by atoms with E-state index >= 15 is 0 Å². The highest BCUT2D eigenvalue weighted by molar-refractivity contribution is 5.87. The molecule has 0 heterocycles. The molecule has 4 nitrogen and oxygen atoms in total. The van der Waals surface area contributed by atoms with Crippen LogP contribution in [0, 0.1) is 12.3 Å². The number of anilines is 1. The predicted molar refractivity (Wildman–Crippen MR) is 70.8 cm³/mol. The van der Waals surface area contributed by atoms with E-state index in [2.05, 4.69) is 11.2 Å². The molecule has 0 aliphatic carbocycles. The number of methoxy groups -OCH3 is 1. The van der Waals surface area contributed by atoms with Crippen molar-refractivity contribution in [3.63, 3.8) is 0 Å². The highest BCUT2D eigenvalue weighted by Crippen LogP contribution is 2.22. The van der Waals surface area contributed by atoms with Crippen LogP contribution in [0.25, 0.3) is 0 Å². The maximum atomic E-state index is 11.6. The number of hydrogen-bond acceptors (Lipinski definition) is 3. The second kappa shape index (κ2) is 5.46. The van der Waals surface area contributed by atoms with Gasteiger partial charge in [-0.3, -0.25) is 5.32 Å². The lowest BCUT2D eigenvalue weighted by Crippen LogP contribution is -2.27. The van der Waals surface area contributed by atoms with E-state index in [9.17, 15) is 4.79 Å². The second-order valence-electron chi connectivity index (χ2n) is 4.68. The molecule has 18 heavy (non-hydrogen) atoms. The first-order valence-electron chi connectivity index (χ1n) is 5.50. The van der Waals surface area contributed by atoms with Gasteiger partial charge in [0.2, 0.25) is 0 Å². The molecule has 0 radical (unpaired) electrons. The zero-order valence-electron chi connectivity index (χ0n) is 11.0. The normalized spacial score (nSPS) is 10.4. The molecule has 0 saturated heterocycles. The van der Waals surface area contributed by atoms with Crippen LogP contribution in [0.4, 0.5) is 10.5 Å². The molecule has 0 unspecified atom stereocenters. The minimum Gasteiger partial charge on any atom is -0.497 e. The van der Waals surface area contributed by atoms with Crippen LogP contribution in [0.1, 0.15) is 26.3 Å². The first kappa shape index (κ1) is 13.9. The number of terminal acetylenes is 1. The minimum absolute atomic E-state index is 0.521. The van der Waals surface area contributed by atoms with Gasteiger partial charge in [0.15, 0.2) is 0 Å². The zero-order valence-corrected chi connectivity index (χ0v) is 11.0. The maximum absolute atomic E-state index is 11.6. The molecule has 1 amide bonds. The Kier molecular flexibility index (Phi) is 4.22. The third kappa shape index (κ3) is 4.02. The van der Waals surface area contributed by atoms with Crippen molar-refractivity contribution in [1.29, 1.82) is 0 Å². The quantitative estimate of drug-likeness (QED) is 0.817. The lowest BCUT2D eigenvalue weighted by atomic mass is 10.1. The smallest absolute Gasteiger partial charge is 0.412 e. The topological polar surface area (TPSA) is 47.6 Å². The number of amides is 1. The number of carbonyl (C=O) groups is 1. The van der Waals surface area contributed by atoms with Crippen LogP contribution >= 0.6 is 0 Å². The second-order valence-corrected chi connectivity index (χ2v) is 4.68. The van der Waals surface area contributed by atoms with Crippen molar-refractivity contribution in [2.24, 2.45) is 0 Å². The molecule has 0 aromatic heterocycles. The van der Waals surface area contributed by atoms with Gasteiger partial charge in [0.1, 0.15) is 11.4 Å². The summed E-state index contributed by atoms with van der Waals surface area (Å²) in [4.78, 5) is 11.6. The van der Waals surface area contributed by atoms with Gasteiger partial charge < -0.3 is 9.47 Å². The van der Waals surface area contributed by atoms with Crippen LogP contribution in [0.2, 0.25) is 0 Å². The van der Waals surface area contributed by atoms with E-state index in [0.717, 1.165) is 0 Å². The van der Waals surface area contributed by atoms with Crippen molar-refractivity contribution in [2.75, 3.05) is 12.4 Å². The summed E-state index contributed by atoms with van der Waals surface area (Å²) in [5.41, 5.74) is 0.514. The third-order valence-electron chi connectivity index (χ3n) is 2.02. The fourth-order valence-corrected chi connectivity index (χ4v) is 1.29. The SMILES string of the molecule is C#Cc1cc(OC)ccc1NC(=O)OC(C)(C)C. The van der Waals surface area contributed by atoms with E-state index in [1.54, 1.807) is 46.1 Å². The molecule has 1 aromatic carbocycles. The molecule has 0 saturated carbocycles. The van der Waals surface area contributed by atoms with E-state index < -0.39 is 11.7 Å². The average Bonchev–Trinajstić information content (AvgIpc) is 2.27. The summed E-state index contributed by atoms with van der Waals surface area (Å²) in [6.07, 6.45) is 4.84. The van der Waals surface area contributed by atoms with E-state index in [-0.39, 0.29) is 0 Å². The van der Waals surface area contributed by atoms with Crippen molar-refractivity contribution < 1.29 is 14.3 Å². The van der Waals surface area contributed by atoms with E-state index in [4.69, 9.17) is 15.9 Å². The summed E-state index contributed by atoms with van der Waals surface area (Å²) < 4.78 is 10.2. The molecule has 0 fully saturated rings. The van der Waals surface area contributed by atoms with Gasteiger partial charge in [-0.25, -0.2) is 4.79 Å². The molecule has 0 atom stereocenters. The van der Waals surface area contributed by atoms with Crippen molar-refractivity contribution in [3.8, 4) is 18.1 Å². The van der Waals surface area contributed by atoms with Gasteiger partial charge in [-0.1, -0.05) is 5.92 Å². The highest BCUT2D eigenvalue weighted by atomic mass is 16.6. The molecule has 0 spiro atoms. The molecule has 96 valence electrons. The fraction of sp³-hybridized carbons (Fsp3) is 0.357. The first-order valence-corrected chi connectivity index (χ1v) is 5.50. The molecular formula is C14H17NO3. The number of benzene rings is 1. The Balaban J connectivity index is 2.85. The summed E-state index contributed by atoms with van der Waals surface area (Å²) in [7, 11) is 1.55. The number of nitrogens with one attached hydrogen (secondary N) is 1. The summed E-state index contributed by atoms with van der Waals surface area (Å²) in [6.45, 7) is 5.38. The van der Waals surface area contributed by atoms with Gasteiger partial charge in [0.25, 0.3) is 0 Å². The molecule has 1 aromatic rings. The van der Waals surface area contributed by atoms with Gasteiger partial charge in [-0.15, -0.1) is 6.42 Å². The van der Waals surface area contributed by atoms with E-state index in [1.165, 1.54) is 0 Å². The Morgan fingerprint density at radius 2 is 2.06 bits per heavy atom. The van der Waals surface area contributed by atoms with Gasteiger partial charge in [-0.05, 0) is 39.0 Å². The van der Waals surface area contributed by atoms with Crippen LogP contribution in [-0.4, -0.2) is 18.8 Å². The molecule has 0 bridgehead atoms. The van der Waals surface area contributed by atoms with Gasteiger partial charge in [0.05, 0.1) is 18.4 Å². The lowest BCUT2D eigenvalue weighted by Gasteiger charge is -2.20. The Morgan fingerprint density at radius 3 is 2.56 bits per heavy atom. The Bertz CT molecular complexity index is 481. The summed E-state index contributed by atoms with van der Waals surface area (Å²) >= 11 is 0. The maximum Gasteiger partial charge on any atom is 0.412 e. The average molecular weight is 247 g/mol. The predicted octanol–water partition coefficient (Wildman–Crippen LogP) is 3.02. The highest BCUT2D eigenvalue weighted by Gasteiger charge is 2.17. The largest absolute Gasteiger partial charge is 0.497 e. The number of ether oxygens (including phenoxy) is 2. The number of hydrogen-bond donors (Lipinski definition) is 1. The molecule has 0 aliphatic rings. The molecule has 1 N–H and O–H groups in total. The molecule has 0 aliphatic heterocycles. The van der Waals surface area contributed by atoms with E-state index in [1.807, 2.05) is 0 Å². The number of rotatable bonds is 2. The summed E-state index contributed by atoms with van der Waals surface area (Å²) in [6, 6.07) is 5.07. The summed E-state index contributed by atoms with van der Waals surface area (Å²) in [5, 5.41) is 2.61. The van der Waals surface area contributed by atoms with Gasteiger partial charge in [0, 0.05) is 0 Å². The van der Waals surface area contributed by atoms with Crippen molar-refractivity contribution >= 4 is 11.8 Å². The van der Waals surface area contributed by atoms with Crippen molar-refractivity contribution in [3.05, 3.63) is 23.8 Å². The van der Waals surface area contributed by atoms with Crippen LogP contribution in [-0.2, 0) is 4.74 Å².